The first-order valence-electron chi connectivity index (χ1n) is 7.45. The molecule has 0 unspecified atom stereocenters. The predicted molar refractivity (Wildman–Crippen MR) is 91.7 cm³/mol. The van der Waals surface area contributed by atoms with E-state index in [1.54, 1.807) is 20.3 Å². The number of benzene rings is 2. The van der Waals surface area contributed by atoms with E-state index in [1.807, 2.05) is 48.5 Å². The number of carbonyl (C=O) groups excluding carboxylic acids is 1. The average molecular weight is 311 g/mol. The van der Waals surface area contributed by atoms with Crippen molar-refractivity contribution in [3.8, 4) is 11.5 Å². The number of carbonyl (C=O) groups is 1. The van der Waals surface area contributed by atoms with Crippen molar-refractivity contribution in [2.24, 2.45) is 0 Å². The summed E-state index contributed by atoms with van der Waals surface area (Å²) >= 11 is 0. The van der Waals surface area contributed by atoms with E-state index in [0.717, 1.165) is 29.0 Å². The Hall–Kier alpha value is -2.75. The van der Waals surface area contributed by atoms with Gasteiger partial charge in [-0.1, -0.05) is 30.3 Å². The van der Waals surface area contributed by atoms with Gasteiger partial charge in [0, 0.05) is 18.2 Å². The van der Waals surface area contributed by atoms with E-state index in [0.29, 0.717) is 6.54 Å². The van der Waals surface area contributed by atoms with Crippen molar-refractivity contribution < 1.29 is 14.3 Å². The fraction of sp³-hybridized carbons (Fsp3) is 0.211. The lowest BCUT2D eigenvalue weighted by Gasteiger charge is -2.05. The number of ether oxygens (including phenoxy) is 2. The molecule has 23 heavy (non-hydrogen) atoms. The van der Waals surface area contributed by atoms with Crippen LogP contribution in [0.5, 0.6) is 11.5 Å². The Morgan fingerprint density at radius 3 is 2.48 bits per heavy atom. The zero-order valence-electron chi connectivity index (χ0n) is 13.4. The molecule has 0 aromatic heterocycles. The molecule has 4 nitrogen and oxygen atoms in total. The van der Waals surface area contributed by atoms with Gasteiger partial charge in [0.15, 0.2) is 0 Å². The second-order valence-corrected chi connectivity index (χ2v) is 4.96. The summed E-state index contributed by atoms with van der Waals surface area (Å²) in [4.78, 5) is 11.8. The molecule has 0 saturated heterocycles. The minimum atomic E-state index is -0.121. The van der Waals surface area contributed by atoms with Gasteiger partial charge < -0.3 is 14.8 Å². The van der Waals surface area contributed by atoms with Crippen LogP contribution in [0, 0.1) is 0 Å². The fourth-order valence-electron chi connectivity index (χ4n) is 2.15. The molecule has 0 radical (unpaired) electrons. The topological polar surface area (TPSA) is 47.6 Å². The highest BCUT2D eigenvalue weighted by Gasteiger charge is 2.00. The molecular weight excluding hydrogens is 290 g/mol. The van der Waals surface area contributed by atoms with Gasteiger partial charge >= 0.3 is 0 Å². The lowest BCUT2D eigenvalue weighted by molar-refractivity contribution is -0.116. The number of rotatable bonds is 7. The minimum Gasteiger partial charge on any atom is -0.497 e. The van der Waals surface area contributed by atoms with Crippen molar-refractivity contribution in [3.05, 3.63) is 65.7 Å². The highest BCUT2D eigenvalue weighted by molar-refractivity contribution is 5.92. The molecule has 4 heteroatoms. The average Bonchev–Trinajstić information content (AvgIpc) is 2.60. The first kappa shape index (κ1) is 16.6. The SMILES string of the molecule is COc1ccc(CCNC(=O)/C=C/c2ccccc2OC)cc1. The van der Waals surface area contributed by atoms with Crippen LogP contribution in [0.25, 0.3) is 6.08 Å². The van der Waals surface area contributed by atoms with E-state index >= 15 is 0 Å². The van der Waals surface area contributed by atoms with Crippen LogP contribution in [0.3, 0.4) is 0 Å². The van der Waals surface area contributed by atoms with Gasteiger partial charge in [-0.25, -0.2) is 0 Å². The van der Waals surface area contributed by atoms with Gasteiger partial charge in [-0.3, -0.25) is 4.79 Å². The van der Waals surface area contributed by atoms with Gasteiger partial charge in [0.05, 0.1) is 14.2 Å². The van der Waals surface area contributed by atoms with Crippen molar-refractivity contribution in [1.29, 1.82) is 0 Å². The van der Waals surface area contributed by atoms with Crippen molar-refractivity contribution in [2.75, 3.05) is 20.8 Å². The normalized spacial score (nSPS) is 10.5. The smallest absolute Gasteiger partial charge is 0.244 e. The molecule has 0 aliphatic heterocycles. The lowest BCUT2D eigenvalue weighted by atomic mass is 10.1. The third-order valence-corrected chi connectivity index (χ3v) is 3.43. The molecule has 2 rings (SSSR count). The number of para-hydroxylation sites is 1. The number of hydrogen-bond acceptors (Lipinski definition) is 3. The van der Waals surface area contributed by atoms with Crippen LogP contribution in [-0.4, -0.2) is 26.7 Å². The molecule has 0 bridgehead atoms. The van der Waals surface area contributed by atoms with Crippen LogP contribution in [0.2, 0.25) is 0 Å². The van der Waals surface area contributed by atoms with Gasteiger partial charge in [0.25, 0.3) is 0 Å². The third-order valence-electron chi connectivity index (χ3n) is 3.43. The second kappa shape index (κ2) is 8.63. The molecule has 0 atom stereocenters. The molecule has 2 aromatic carbocycles. The summed E-state index contributed by atoms with van der Waals surface area (Å²) < 4.78 is 10.4. The maximum Gasteiger partial charge on any atom is 0.244 e. The van der Waals surface area contributed by atoms with Gasteiger partial charge in [-0.15, -0.1) is 0 Å². The van der Waals surface area contributed by atoms with Crippen molar-refractivity contribution in [3.63, 3.8) is 0 Å². The monoisotopic (exact) mass is 311 g/mol. The summed E-state index contributed by atoms with van der Waals surface area (Å²) in [6, 6.07) is 15.4. The van der Waals surface area contributed by atoms with Crippen molar-refractivity contribution >= 4 is 12.0 Å². The molecular formula is C19H21NO3. The van der Waals surface area contributed by atoms with E-state index in [4.69, 9.17) is 9.47 Å². The Bertz CT molecular complexity index is 663. The van der Waals surface area contributed by atoms with Crippen LogP contribution in [-0.2, 0) is 11.2 Å². The molecule has 0 saturated carbocycles. The summed E-state index contributed by atoms with van der Waals surface area (Å²) in [5, 5.41) is 2.87. The number of hydrogen-bond donors (Lipinski definition) is 1. The van der Waals surface area contributed by atoms with Crippen LogP contribution in [0.15, 0.2) is 54.6 Å². The Morgan fingerprint density at radius 2 is 1.78 bits per heavy atom. The van der Waals surface area contributed by atoms with E-state index < -0.39 is 0 Å². The first-order chi connectivity index (χ1) is 11.2. The van der Waals surface area contributed by atoms with Gasteiger partial charge in [0.2, 0.25) is 5.91 Å². The minimum absolute atomic E-state index is 0.121. The molecule has 0 heterocycles. The van der Waals surface area contributed by atoms with Gasteiger partial charge in [-0.05, 0) is 36.3 Å². The molecule has 2 aromatic rings. The second-order valence-electron chi connectivity index (χ2n) is 4.96. The van der Waals surface area contributed by atoms with Gasteiger partial charge in [0.1, 0.15) is 11.5 Å². The highest BCUT2D eigenvalue weighted by atomic mass is 16.5. The van der Waals surface area contributed by atoms with Crippen LogP contribution in [0.4, 0.5) is 0 Å². The Kier molecular flexibility index (Phi) is 6.24. The largest absolute Gasteiger partial charge is 0.497 e. The predicted octanol–water partition coefficient (Wildman–Crippen LogP) is 3.08. The molecule has 1 N–H and O–H groups in total. The third kappa shape index (κ3) is 5.18. The van der Waals surface area contributed by atoms with Crippen LogP contribution >= 0.6 is 0 Å². The number of methoxy groups -OCH3 is 2. The molecule has 0 aliphatic carbocycles. The molecule has 1 amide bonds. The van der Waals surface area contributed by atoms with Gasteiger partial charge in [-0.2, -0.15) is 0 Å². The van der Waals surface area contributed by atoms with Crippen LogP contribution < -0.4 is 14.8 Å². The molecule has 0 aliphatic rings. The van der Waals surface area contributed by atoms with Crippen molar-refractivity contribution in [1.82, 2.24) is 5.32 Å². The zero-order valence-corrected chi connectivity index (χ0v) is 13.4. The highest BCUT2D eigenvalue weighted by Crippen LogP contribution is 2.18. The Labute approximate surface area is 136 Å². The summed E-state index contributed by atoms with van der Waals surface area (Å²) in [7, 11) is 3.25. The molecule has 0 spiro atoms. The van der Waals surface area contributed by atoms with E-state index in [9.17, 15) is 4.79 Å². The van der Waals surface area contributed by atoms with E-state index in [2.05, 4.69) is 5.32 Å². The number of nitrogens with one attached hydrogen (secondary N) is 1. The Balaban J connectivity index is 1.81. The quantitative estimate of drug-likeness (QED) is 0.799. The Morgan fingerprint density at radius 1 is 1.04 bits per heavy atom. The first-order valence-corrected chi connectivity index (χ1v) is 7.45. The van der Waals surface area contributed by atoms with Crippen LogP contribution in [0.1, 0.15) is 11.1 Å². The summed E-state index contributed by atoms with van der Waals surface area (Å²) in [6.07, 6.45) is 4.05. The molecule has 0 fully saturated rings. The van der Waals surface area contributed by atoms with Crippen molar-refractivity contribution in [2.45, 2.75) is 6.42 Å². The maximum atomic E-state index is 11.8. The molecule has 120 valence electrons. The zero-order chi connectivity index (χ0) is 16.5. The van der Waals surface area contributed by atoms with E-state index in [1.165, 1.54) is 6.08 Å². The standard InChI is InChI=1S/C19H21NO3/c1-22-17-10-7-15(8-11-17)13-14-20-19(21)12-9-16-5-3-4-6-18(16)23-2/h3-12H,13-14H2,1-2H3,(H,20,21)/b12-9+. The lowest BCUT2D eigenvalue weighted by Crippen LogP contribution is -2.23. The fourth-order valence-corrected chi connectivity index (χ4v) is 2.15. The number of amides is 1. The summed E-state index contributed by atoms with van der Waals surface area (Å²) in [5.74, 6) is 1.46. The summed E-state index contributed by atoms with van der Waals surface area (Å²) in [6.45, 7) is 0.585. The summed E-state index contributed by atoms with van der Waals surface area (Å²) in [5.41, 5.74) is 2.03. The maximum absolute atomic E-state index is 11.8. The van der Waals surface area contributed by atoms with E-state index in [-0.39, 0.29) is 5.91 Å².